The summed E-state index contributed by atoms with van der Waals surface area (Å²) < 4.78 is 0. The first kappa shape index (κ1) is 24.0. The lowest BCUT2D eigenvalue weighted by Gasteiger charge is -2.11. The number of hydrogen-bond acceptors (Lipinski definition) is 3. The third kappa shape index (κ3) is 11.3. The minimum Gasteiger partial charge on any atom is -0.357 e. The maximum Gasteiger partial charge on any atom is 0.224 e. The lowest BCUT2D eigenvalue weighted by molar-refractivity contribution is -0.116. The van der Waals surface area contributed by atoms with Gasteiger partial charge in [-0.25, -0.2) is 4.99 Å². The van der Waals surface area contributed by atoms with Crippen molar-refractivity contribution in [3.63, 3.8) is 0 Å². The fourth-order valence-electron chi connectivity index (χ4n) is 2.11. The number of carbonyl (C=O) groups is 1. The quantitative estimate of drug-likeness (QED) is 0.219. The summed E-state index contributed by atoms with van der Waals surface area (Å²) in [5, 5.41) is 9.50. The lowest BCUT2D eigenvalue weighted by Crippen LogP contribution is -2.38. The summed E-state index contributed by atoms with van der Waals surface area (Å²) in [4.78, 5) is 16.5. The third-order valence-electron chi connectivity index (χ3n) is 3.17. The van der Waals surface area contributed by atoms with Gasteiger partial charge in [-0.3, -0.25) is 4.79 Å². The summed E-state index contributed by atoms with van der Waals surface area (Å²) in [5.74, 6) is 2.27. The summed E-state index contributed by atoms with van der Waals surface area (Å²) >= 11 is 1.80. The van der Waals surface area contributed by atoms with Gasteiger partial charge in [-0.1, -0.05) is 26.0 Å². The molecule has 0 unspecified atom stereocenters. The number of anilines is 1. The first-order valence-corrected chi connectivity index (χ1v) is 9.84. The van der Waals surface area contributed by atoms with E-state index < -0.39 is 0 Å². The average Bonchev–Trinajstić information content (AvgIpc) is 2.52. The summed E-state index contributed by atoms with van der Waals surface area (Å²) in [6.45, 7) is 8.42. The second kappa shape index (κ2) is 14.2. The van der Waals surface area contributed by atoms with Crippen molar-refractivity contribution in [1.82, 2.24) is 10.6 Å². The number of benzene rings is 1. The van der Waals surface area contributed by atoms with Crippen molar-refractivity contribution >= 4 is 53.3 Å². The fraction of sp³-hybridized carbons (Fsp3) is 0.556. The monoisotopic (exact) mass is 478 g/mol. The van der Waals surface area contributed by atoms with Crippen molar-refractivity contribution in [1.29, 1.82) is 0 Å². The van der Waals surface area contributed by atoms with Crippen LogP contribution in [0.2, 0.25) is 0 Å². The number of nitrogens with zero attached hydrogens (tertiary/aromatic N) is 1. The number of carbonyl (C=O) groups excluding carboxylic acids is 1. The SMILES string of the molecule is CCNC(=NCc1cccc(NC(=O)CC(C)C)c1)NCCSC.I. The van der Waals surface area contributed by atoms with Gasteiger partial charge >= 0.3 is 0 Å². The maximum absolute atomic E-state index is 11.9. The summed E-state index contributed by atoms with van der Waals surface area (Å²) in [7, 11) is 0. The predicted molar refractivity (Wildman–Crippen MR) is 121 cm³/mol. The van der Waals surface area contributed by atoms with Gasteiger partial charge in [-0.05, 0) is 36.8 Å². The van der Waals surface area contributed by atoms with Crippen LogP contribution in [0.3, 0.4) is 0 Å². The normalized spacial score (nSPS) is 11.0. The van der Waals surface area contributed by atoms with Crippen molar-refractivity contribution in [3.8, 4) is 0 Å². The Morgan fingerprint density at radius 2 is 2.04 bits per heavy atom. The third-order valence-corrected chi connectivity index (χ3v) is 3.78. The molecule has 0 aliphatic carbocycles. The summed E-state index contributed by atoms with van der Waals surface area (Å²) in [6.07, 6.45) is 2.62. The molecule has 0 aliphatic rings. The molecule has 1 aromatic carbocycles. The molecule has 0 heterocycles. The Morgan fingerprint density at radius 1 is 1.28 bits per heavy atom. The smallest absolute Gasteiger partial charge is 0.224 e. The first-order chi connectivity index (χ1) is 11.5. The van der Waals surface area contributed by atoms with Crippen LogP contribution in [0.1, 0.15) is 32.8 Å². The molecule has 0 aromatic heterocycles. The highest BCUT2D eigenvalue weighted by Gasteiger charge is 2.05. The van der Waals surface area contributed by atoms with Crippen LogP contribution in [0.4, 0.5) is 5.69 Å². The van der Waals surface area contributed by atoms with Crippen molar-refractivity contribution in [3.05, 3.63) is 29.8 Å². The van der Waals surface area contributed by atoms with Crippen molar-refractivity contribution < 1.29 is 4.79 Å². The Kier molecular flexibility index (Phi) is 13.7. The topological polar surface area (TPSA) is 65.5 Å². The molecule has 0 atom stereocenters. The van der Waals surface area contributed by atoms with Gasteiger partial charge in [0.25, 0.3) is 0 Å². The van der Waals surface area contributed by atoms with Crippen LogP contribution in [0.15, 0.2) is 29.3 Å². The highest BCUT2D eigenvalue weighted by atomic mass is 127. The summed E-state index contributed by atoms with van der Waals surface area (Å²) in [5.41, 5.74) is 1.90. The van der Waals surface area contributed by atoms with Crippen molar-refractivity contribution in [2.45, 2.75) is 33.7 Å². The first-order valence-electron chi connectivity index (χ1n) is 8.45. The number of thioether (sulfide) groups is 1. The van der Waals surface area contributed by atoms with Crippen LogP contribution < -0.4 is 16.0 Å². The van der Waals surface area contributed by atoms with E-state index in [0.29, 0.717) is 18.9 Å². The summed E-state index contributed by atoms with van der Waals surface area (Å²) in [6, 6.07) is 7.86. The Labute approximate surface area is 173 Å². The molecule has 0 spiro atoms. The molecule has 7 heteroatoms. The number of aliphatic imine (C=N–C) groups is 1. The van der Waals surface area contributed by atoms with E-state index in [2.05, 4.69) is 34.1 Å². The highest BCUT2D eigenvalue weighted by molar-refractivity contribution is 14.0. The zero-order valence-corrected chi connectivity index (χ0v) is 18.7. The van der Waals surface area contributed by atoms with E-state index >= 15 is 0 Å². The van der Waals surface area contributed by atoms with E-state index in [9.17, 15) is 4.79 Å². The van der Waals surface area contributed by atoms with Gasteiger partial charge in [-0.2, -0.15) is 11.8 Å². The second-order valence-corrected chi connectivity index (χ2v) is 6.95. The molecule has 0 saturated carbocycles. The molecule has 0 bridgehead atoms. The standard InChI is InChI=1S/C18H30N4OS.HI/c1-5-19-18(20-9-10-24-4)21-13-15-7-6-8-16(12-15)22-17(23)11-14(2)3;/h6-8,12,14H,5,9-11,13H2,1-4H3,(H,22,23)(H2,19,20,21);1H. The molecule has 1 amide bonds. The zero-order chi connectivity index (χ0) is 17.8. The van der Waals surface area contributed by atoms with Crippen LogP contribution in [0.25, 0.3) is 0 Å². The van der Waals surface area contributed by atoms with Gasteiger partial charge in [0, 0.05) is 31.0 Å². The molecular formula is C18H31IN4OS. The van der Waals surface area contributed by atoms with Crippen LogP contribution >= 0.6 is 35.7 Å². The lowest BCUT2D eigenvalue weighted by atomic mass is 10.1. The number of halogens is 1. The van der Waals surface area contributed by atoms with Gasteiger partial charge < -0.3 is 16.0 Å². The van der Waals surface area contributed by atoms with E-state index in [1.807, 2.05) is 38.1 Å². The Morgan fingerprint density at radius 3 is 2.68 bits per heavy atom. The minimum atomic E-state index is 0. The van der Waals surface area contributed by atoms with Crippen LogP contribution in [0.5, 0.6) is 0 Å². The number of guanidine groups is 1. The number of rotatable bonds is 9. The van der Waals surface area contributed by atoms with Gasteiger partial charge in [-0.15, -0.1) is 24.0 Å². The van der Waals surface area contributed by atoms with Crippen molar-refractivity contribution in [2.75, 3.05) is 30.4 Å². The molecule has 5 nitrogen and oxygen atoms in total. The Balaban J connectivity index is 0.00000576. The molecule has 25 heavy (non-hydrogen) atoms. The average molecular weight is 478 g/mol. The molecule has 3 N–H and O–H groups in total. The number of nitrogens with one attached hydrogen (secondary N) is 3. The minimum absolute atomic E-state index is 0. The number of hydrogen-bond donors (Lipinski definition) is 3. The van der Waals surface area contributed by atoms with Crippen molar-refractivity contribution in [2.24, 2.45) is 10.9 Å². The fourth-order valence-corrected chi connectivity index (χ4v) is 2.42. The van der Waals surface area contributed by atoms with Gasteiger partial charge in [0.15, 0.2) is 5.96 Å². The highest BCUT2D eigenvalue weighted by Crippen LogP contribution is 2.13. The van der Waals surface area contributed by atoms with E-state index in [1.54, 1.807) is 11.8 Å². The number of amides is 1. The predicted octanol–water partition coefficient (Wildman–Crippen LogP) is 3.71. The molecule has 0 saturated heterocycles. The maximum atomic E-state index is 11.9. The molecular weight excluding hydrogens is 447 g/mol. The molecule has 1 rings (SSSR count). The van der Waals surface area contributed by atoms with Crippen LogP contribution in [0, 0.1) is 5.92 Å². The van der Waals surface area contributed by atoms with Gasteiger partial charge in [0.2, 0.25) is 5.91 Å². The zero-order valence-electron chi connectivity index (χ0n) is 15.6. The van der Waals surface area contributed by atoms with E-state index in [-0.39, 0.29) is 29.9 Å². The Bertz CT molecular complexity index is 538. The molecule has 0 radical (unpaired) electrons. The van der Waals surface area contributed by atoms with E-state index in [4.69, 9.17) is 0 Å². The molecule has 142 valence electrons. The van der Waals surface area contributed by atoms with E-state index in [0.717, 1.165) is 36.1 Å². The van der Waals surface area contributed by atoms with Crippen LogP contribution in [-0.2, 0) is 11.3 Å². The van der Waals surface area contributed by atoms with Gasteiger partial charge in [0.1, 0.15) is 0 Å². The molecule has 0 aliphatic heterocycles. The molecule has 0 fully saturated rings. The van der Waals surface area contributed by atoms with E-state index in [1.165, 1.54) is 0 Å². The van der Waals surface area contributed by atoms with Gasteiger partial charge in [0.05, 0.1) is 6.54 Å². The second-order valence-electron chi connectivity index (χ2n) is 5.96. The molecule has 1 aromatic rings. The largest absolute Gasteiger partial charge is 0.357 e. The van der Waals surface area contributed by atoms with Crippen LogP contribution in [-0.4, -0.2) is 37.0 Å². The Hall–Kier alpha value is -0.960.